The van der Waals surface area contributed by atoms with Gasteiger partial charge < -0.3 is 20.3 Å². The number of hydrogen-bond acceptors (Lipinski definition) is 5. The summed E-state index contributed by atoms with van der Waals surface area (Å²) >= 11 is 0. The summed E-state index contributed by atoms with van der Waals surface area (Å²) in [4.78, 5) is 35.8. The van der Waals surface area contributed by atoms with Gasteiger partial charge in [-0.15, -0.1) is 0 Å². The Morgan fingerprint density at radius 2 is 1.68 bits per heavy atom. The van der Waals surface area contributed by atoms with E-state index in [2.05, 4.69) is 26.1 Å². The van der Waals surface area contributed by atoms with Crippen LogP contribution in [0.25, 0.3) is 0 Å². The first-order valence-corrected chi connectivity index (χ1v) is 16.1. The maximum atomic E-state index is 12.8. The zero-order chi connectivity index (χ0) is 29.5. The minimum absolute atomic E-state index is 0.0351. The molecule has 4 saturated carbocycles. The molecule has 4 fully saturated rings. The minimum atomic E-state index is -0.897. The maximum absolute atomic E-state index is 12.8. The molecular weight excluding hydrogens is 506 g/mol. The van der Waals surface area contributed by atoms with Crippen LogP contribution < -0.4 is 5.32 Å². The molecule has 4 aliphatic carbocycles. The van der Waals surface area contributed by atoms with Gasteiger partial charge in [-0.2, -0.15) is 0 Å². The summed E-state index contributed by atoms with van der Waals surface area (Å²) in [6, 6.07) is 0. The van der Waals surface area contributed by atoms with Crippen LogP contribution in [-0.2, 0) is 19.1 Å². The van der Waals surface area contributed by atoms with Gasteiger partial charge in [-0.3, -0.25) is 14.4 Å². The number of rotatable bonds is 10. The predicted molar refractivity (Wildman–Crippen MR) is 154 cm³/mol. The SMILES string of the molecule is CCC(C)(C)C(=O)OC1CCC2(C)C(C1)CC(O)C1C2CCC2(C)C(C(C)CCC(=O)NCCC(=O)O)CCC12. The lowest BCUT2D eigenvalue weighted by Gasteiger charge is -2.62. The Morgan fingerprint density at radius 3 is 2.35 bits per heavy atom. The van der Waals surface area contributed by atoms with Crippen LogP contribution in [0.4, 0.5) is 0 Å². The molecule has 10 atom stereocenters. The molecule has 0 heterocycles. The van der Waals surface area contributed by atoms with Gasteiger partial charge in [-0.1, -0.05) is 27.7 Å². The number of aliphatic carboxylic acids is 1. The molecule has 4 aliphatic rings. The van der Waals surface area contributed by atoms with Gasteiger partial charge in [0.1, 0.15) is 6.10 Å². The number of carboxylic acid groups (broad SMARTS) is 1. The smallest absolute Gasteiger partial charge is 0.311 e. The highest BCUT2D eigenvalue weighted by molar-refractivity contribution is 5.77. The van der Waals surface area contributed by atoms with Crippen LogP contribution in [0, 0.1) is 51.8 Å². The number of carboxylic acids is 1. The third kappa shape index (κ3) is 5.96. The van der Waals surface area contributed by atoms with Crippen molar-refractivity contribution in [2.75, 3.05) is 6.54 Å². The average Bonchev–Trinajstić information content (AvgIpc) is 3.25. The number of ether oxygens (including phenoxy) is 1. The third-order valence-electron chi connectivity index (χ3n) is 12.6. The number of nitrogens with one attached hydrogen (secondary N) is 1. The number of amides is 1. The zero-order valence-corrected chi connectivity index (χ0v) is 25.8. The van der Waals surface area contributed by atoms with Gasteiger partial charge in [-0.05, 0) is 124 Å². The van der Waals surface area contributed by atoms with E-state index in [-0.39, 0.29) is 47.9 Å². The second-order valence-electron chi connectivity index (χ2n) is 15.1. The Balaban J connectivity index is 1.38. The number of carbonyl (C=O) groups excluding carboxylic acids is 2. The lowest BCUT2D eigenvalue weighted by atomic mass is 9.43. The Morgan fingerprint density at radius 1 is 1.00 bits per heavy atom. The van der Waals surface area contributed by atoms with E-state index in [9.17, 15) is 19.5 Å². The van der Waals surface area contributed by atoms with Crippen molar-refractivity contribution < 1.29 is 29.3 Å². The minimum Gasteiger partial charge on any atom is -0.481 e. The van der Waals surface area contributed by atoms with Gasteiger partial charge in [0.15, 0.2) is 0 Å². The van der Waals surface area contributed by atoms with E-state index >= 15 is 0 Å². The molecule has 0 aromatic rings. The van der Waals surface area contributed by atoms with Gasteiger partial charge in [-0.25, -0.2) is 0 Å². The number of esters is 1. The fourth-order valence-corrected chi connectivity index (χ4v) is 9.68. The first-order valence-electron chi connectivity index (χ1n) is 16.1. The maximum Gasteiger partial charge on any atom is 0.311 e. The van der Waals surface area contributed by atoms with Crippen molar-refractivity contribution in [1.82, 2.24) is 5.32 Å². The number of carbonyl (C=O) groups is 3. The molecule has 4 rings (SSSR count). The van der Waals surface area contributed by atoms with Crippen molar-refractivity contribution in [3.8, 4) is 0 Å². The van der Waals surface area contributed by atoms with Gasteiger partial charge in [0.25, 0.3) is 0 Å². The zero-order valence-electron chi connectivity index (χ0n) is 25.8. The van der Waals surface area contributed by atoms with Crippen LogP contribution >= 0.6 is 0 Å². The second-order valence-corrected chi connectivity index (χ2v) is 15.1. The molecule has 10 unspecified atom stereocenters. The first-order chi connectivity index (χ1) is 18.7. The highest BCUT2D eigenvalue weighted by atomic mass is 16.5. The predicted octanol–water partition coefficient (Wildman–Crippen LogP) is 5.97. The van der Waals surface area contributed by atoms with Crippen molar-refractivity contribution in [3.05, 3.63) is 0 Å². The summed E-state index contributed by atoms with van der Waals surface area (Å²) < 4.78 is 6.03. The Kier molecular flexibility index (Phi) is 9.34. The Bertz CT molecular complexity index is 949. The second kappa shape index (κ2) is 11.9. The number of aliphatic hydroxyl groups is 1. The molecule has 0 bridgehead atoms. The van der Waals surface area contributed by atoms with E-state index in [1.807, 2.05) is 20.8 Å². The molecule has 0 aromatic carbocycles. The molecule has 40 heavy (non-hydrogen) atoms. The number of fused-ring (bicyclic) bond motifs is 5. The topological polar surface area (TPSA) is 113 Å². The van der Waals surface area contributed by atoms with Gasteiger partial charge in [0.2, 0.25) is 5.91 Å². The molecule has 0 saturated heterocycles. The van der Waals surface area contributed by atoms with Gasteiger partial charge >= 0.3 is 11.9 Å². The monoisotopic (exact) mass is 561 g/mol. The lowest BCUT2D eigenvalue weighted by Crippen LogP contribution is -2.59. The van der Waals surface area contributed by atoms with E-state index in [0.717, 1.165) is 57.8 Å². The molecule has 0 spiro atoms. The fourth-order valence-electron chi connectivity index (χ4n) is 9.68. The summed E-state index contributed by atoms with van der Waals surface area (Å²) in [5.41, 5.74) is -0.0821. The summed E-state index contributed by atoms with van der Waals surface area (Å²) in [5, 5.41) is 23.2. The van der Waals surface area contributed by atoms with E-state index in [1.54, 1.807) is 0 Å². The molecule has 1 amide bonds. The molecule has 7 nitrogen and oxygen atoms in total. The largest absolute Gasteiger partial charge is 0.481 e. The average molecular weight is 562 g/mol. The number of aliphatic hydroxyl groups excluding tert-OH is 1. The molecule has 3 N–H and O–H groups in total. The highest BCUT2D eigenvalue weighted by Gasteiger charge is 2.63. The molecule has 0 aromatic heterocycles. The molecule has 7 heteroatoms. The van der Waals surface area contributed by atoms with Crippen LogP contribution in [0.1, 0.15) is 119 Å². The standard InChI is InChI=1S/C33H55NO6/c1-7-31(3,4)30(39)40-22-12-15-32(5)21(18-22)19-26(35)29-24-10-9-23(33(24,6)16-13-25(29)32)20(2)8-11-27(36)34-17-14-28(37)38/h20-26,29,35H,7-19H2,1-6H3,(H,34,36)(H,37,38). The molecule has 0 aliphatic heterocycles. The first kappa shape index (κ1) is 31.3. The summed E-state index contributed by atoms with van der Waals surface area (Å²) in [6.07, 6.45) is 9.95. The number of hydrogen-bond donors (Lipinski definition) is 3. The molecular formula is C33H55NO6. The van der Waals surface area contributed by atoms with E-state index in [0.29, 0.717) is 41.9 Å². The Labute approximate surface area is 241 Å². The van der Waals surface area contributed by atoms with E-state index in [4.69, 9.17) is 9.84 Å². The van der Waals surface area contributed by atoms with Crippen molar-refractivity contribution in [2.24, 2.45) is 51.8 Å². The molecule has 228 valence electrons. The van der Waals surface area contributed by atoms with Crippen molar-refractivity contribution in [3.63, 3.8) is 0 Å². The van der Waals surface area contributed by atoms with E-state index in [1.165, 1.54) is 6.42 Å². The van der Waals surface area contributed by atoms with Crippen LogP contribution in [0.2, 0.25) is 0 Å². The summed E-state index contributed by atoms with van der Waals surface area (Å²) in [7, 11) is 0. The van der Waals surface area contributed by atoms with Crippen molar-refractivity contribution in [1.29, 1.82) is 0 Å². The van der Waals surface area contributed by atoms with Crippen LogP contribution in [0.15, 0.2) is 0 Å². The Hall–Kier alpha value is -1.63. The van der Waals surface area contributed by atoms with Crippen molar-refractivity contribution >= 4 is 17.8 Å². The molecule has 0 radical (unpaired) electrons. The third-order valence-corrected chi connectivity index (χ3v) is 12.6. The van der Waals surface area contributed by atoms with Crippen molar-refractivity contribution in [2.45, 2.75) is 131 Å². The van der Waals surface area contributed by atoms with Crippen LogP contribution in [0.5, 0.6) is 0 Å². The van der Waals surface area contributed by atoms with Gasteiger partial charge in [0, 0.05) is 13.0 Å². The van der Waals surface area contributed by atoms with Crippen LogP contribution in [0.3, 0.4) is 0 Å². The van der Waals surface area contributed by atoms with Crippen LogP contribution in [-0.4, -0.2) is 46.8 Å². The summed E-state index contributed by atoms with van der Waals surface area (Å²) in [5.74, 6) is 1.65. The van der Waals surface area contributed by atoms with Gasteiger partial charge in [0.05, 0.1) is 17.9 Å². The summed E-state index contributed by atoms with van der Waals surface area (Å²) in [6.45, 7) is 13.4. The van der Waals surface area contributed by atoms with E-state index < -0.39 is 11.4 Å². The fraction of sp³-hybridized carbons (Fsp3) is 0.909. The lowest BCUT2D eigenvalue weighted by molar-refractivity contribution is -0.186. The highest BCUT2D eigenvalue weighted by Crippen LogP contribution is 2.68. The normalized spacial score (nSPS) is 39.8. The quantitative estimate of drug-likeness (QED) is 0.283.